The summed E-state index contributed by atoms with van der Waals surface area (Å²) in [4.78, 5) is 14.6. The highest BCUT2D eigenvalue weighted by molar-refractivity contribution is 7.07. The largest absolute Gasteiger partial charge is 0.367 e. The molecule has 24 heavy (non-hydrogen) atoms. The first-order valence-electron chi connectivity index (χ1n) is 8.21. The molecule has 3 heterocycles. The number of aromatic nitrogens is 2. The van der Waals surface area contributed by atoms with Gasteiger partial charge in [0.2, 0.25) is 0 Å². The lowest BCUT2D eigenvalue weighted by Crippen LogP contribution is -2.47. The normalized spacial score (nSPS) is 21.3. The number of carbonyl (C=O) groups excluding carboxylic acids is 1. The van der Waals surface area contributed by atoms with E-state index < -0.39 is 0 Å². The van der Waals surface area contributed by atoms with Crippen LogP contribution in [-0.4, -0.2) is 39.9 Å². The first kappa shape index (κ1) is 17.0. The SMILES string of the molecule is CC1CN(C(=O)Nc2cn(C)nc2C(C)C)CC(c2ccsc2)O1. The Kier molecular flexibility index (Phi) is 4.91. The lowest BCUT2D eigenvalue weighted by molar-refractivity contribution is -0.0640. The summed E-state index contributed by atoms with van der Waals surface area (Å²) in [7, 11) is 1.87. The van der Waals surface area contributed by atoms with Crippen LogP contribution in [0.4, 0.5) is 10.5 Å². The summed E-state index contributed by atoms with van der Waals surface area (Å²) < 4.78 is 7.73. The molecule has 0 radical (unpaired) electrons. The predicted octanol–water partition coefficient (Wildman–Crippen LogP) is 3.60. The Labute approximate surface area is 146 Å². The fourth-order valence-corrected chi connectivity index (χ4v) is 3.68. The van der Waals surface area contributed by atoms with Gasteiger partial charge >= 0.3 is 6.03 Å². The molecule has 130 valence electrons. The number of thiophene rings is 1. The fourth-order valence-electron chi connectivity index (χ4n) is 2.98. The Morgan fingerprint density at radius 1 is 1.46 bits per heavy atom. The van der Waals surface area contributed by atoms with Crippen molar-refractivity contribution in [3.63, 3.8) is 0 Å². The number of rotatable bonds is 3. The summed E-state index contributed by atoms with van der Waals surface area (Å²) in [5, 5.41) is 11.6. The molecule has 2 amide bonds. The van der Waals surface area contributed by atoms with Crippen molar-refractivity contribution < 1.29 is 9.53 Å². The molecule has 2 aromatic rings. The molecule has 1 saturated heterocycles. The van der Waals surface area contributed by atoms with Gasteiger partial charge in [-0.3, -0.25) is 4.68 Å². The standard InChI is InChI=1S/C17H24N4O2S/c1-11(2)16-14(8-20(4)19-16)18-17(22)21-7-12(3)23-15(9-21)13-5-6-24-10-13/h5-6,8,10-12,15H,7,9H2,1-4H3,(H,18,22). The second-order valence-electron chi connectivity index (χ2n) is 6.58. The predicted molar refractivity (Wildman–Crippen MR) is 95.5 cm³/mol. The van der Waals surface area contributed by atoms with Crippen LogP contribution in [0.2, 0.25) is 0 Å². The molecule has 0 spiro atoms. The summed E-state index contributed by atoms with van der Waals surface area (Å²) in [6.07, 6.45) is 1.80. The zero-order chi connectivity index (χ0) is 17.3. The van der Waals surface area contributed by atoms with Gasteiger partial charge in [0.05, 0.1) is 24.0 Å². The monoisotopic (exact) mass is 348 g/mol. The number of carbonyl (C=O) groups is 1. The van der Waals surface area contributed by atoms with E-state index >= 15 is 0 Å². The second-order valence-corrected chi connectivity index (χ2v) is 7.36. The minimum absolute atomic E-state index is 0.00728. The number of hydrogen-bond acceptors (Lipinski definition) is 4. The molecule has 2 atom stereocenters. The van der Waals surface area contributed by atoms with E-state index in [0.29, 0.717) is 13.1 Å². The summed E-state index contributed by atoms with van der Waals surface area (Å²) in [5.74, 6) is 0.253. The molecule has 7 heteroatoms. The van der Waals surface area contributed by atoms with E-state index in [1.165, 1.54) is 0 Å². The first-order chi connectivity index (χ1) is 11.4. The van der Waals surface area contributed by atoms with Crippen molar-refractivity contribution in [2.24, 2.45) is 7.05 Å². The molecule has 6 nitrogen and oxygen atoms in total. The van der Waals surface area contributed by atoms with Gasteiger partial charge < -0.3 is 15.0 Å². The van der Waals surface area contributed by atoms with Crippen molar-refractivity contribution >= 4 is 23.1 Å². The molecule has 1 fully saturated rings. The number of anilines is 1. The summed E-state index contributed by atoms with van der Waals surface area (Å²) in [6, 6.07) is 1.96. The lowest BCUT2D eigenvalue weighted by atomic mass is 10.1. The molecule has 1 aliphatic heterocycles. The van der Waals surface area contributed by atoms with Crippen molar-refractivity contribution in [1.82, 2.24) is 14.7 Å². The number of nitrogens with zero attached hydrogens (tertiary/aromatic N) is 3. The molecule has 0 aliphatic carbocycles. The maximum atomic E-state index is 12.7. The van der Waals surface area contributed by atoms with E-state index in [0.717, 1.165) is 16.9 Å². The van der Waals surface area contributed by atoms with Crippen LogP contribution < -0.4 is 5.32 Å². The van der Waals surface area contributed by atoms with E-state index in [1.54, 1.807) is 16.0 Å². The number of ether oxygens (including phenoxy) is 1. The van der Waals surface area contributed by atoms with Gasteiger partial charge in [-0.05, 0) is 35.2 Å². The van der Waals surface area contributed by atoms with E-state index in [4.69, 9.17) is 4.74 Å². The molecule has 1 N–H and O–H groups in total. The molecule has 3 rings (SSSR count). The van der Waals surface area contributed by atoms with Gasteiger partial charge in [-0.25, -0.2) is 4.79 Å². The van der Waals surface area contributed by atoms with Crippen LogP contribution in [0.15, 0.2) is 23.0 Å². The minimum Gasteiger partial charge on any atom is -0.367 e. The zero-order valence-electron chi connectivity index (χ0n) is 14.5. The second kappa shape index (κ2) is 6.94. The van der Waals surface area contributed by atoms with Crippen LogP contribution in [0.5, 0.6) is 0 Å². The average molecular weight is 348 g/mol. The third-order valence-corrected chi connectivity index (χ3v) is 4.81. The molecule has 1 aliphatic rings. The smallest absolute Gasteiger partial charge is 0.322 e. The van der Waals surface area contributed by atoms with Gasteiger partial charge in [-0.2, -0.15) is 16.4 Å². The summed E-state index contributed by atoms with van der Waals surface area (Å²) in [6.45, 7) is 7.29. The third kappa shape index (κ3) is 3.62. The maximum Gasteiger partial charge on any atom is 0.322 e. The Bertz CT molecular complexity index is 696. The van der Waals surface area contributed by atoms with Crippen molar-refractivity contribution in [1.29, 1.82) is 0 Å². The van der Waals surface area contributed by atoms with Crippen molar-refractivity contribution in [3.8, 4) is 0 Å². The Morgan fingerprint density at radius 3 is 2.92 bits per heavy atom. The van der Waals surface area contributed by atoms with Crippen LogP contribution in [0.25, 0.3) is 0 Å². The number of urea groups is 1. The van der Waals surface area contributed by atoms with Crippen LogP contribution >= 0.6 is 11.3 Å². The summed E-state index contributed by atoms with van der Waals surface area (Å²) in [5.41, 5.74) is 2.82. The molecule has 2 aromatic heterocycles. The highest BCUT2D eigenvalue weighted by Crippen LogP contribution is 2.28. The first-order valence-corrected chi connectivity index (χ1v) is 9.15. The zero-order valence-corrected chi connectivity index (χ0v) is 15.3. The fraction of sp³-hybridized carbons (Fsp3) is 0.529. The van der Waals surface area contributed by atoms with Gasteiger partial charge in [-0.15, -0.1) is 0 Å². The van der Waals surface area contributed by atoms with E-state index in [-0.39, 0.29) is 24.2 Å². The van der Waals surface area contributed by atoms with Gasteiger partial charge in [-0.1, -0.05) is 13.8 Å². The quantitative estimate of drug-likeness (QED) is 0.922. The van der Waals surface area contributed by atoms with Crippen LogP contribution in [0.1, 0.15) is 44.1 Å². The number of nitrogens with one attached hydrogen (secondary N) is 1. The molecule has 0 aromatic carbocycles. The van der Waals surface area contributed by atoms with Gasteiger partial charge in [0, 0.05) is 19.8 Å². The third-order valence-electron chi connectivity index (χ3n) is 4.11. The Balaban J connectivity index is 1.72. The van der Waals surface area contributed by atoms with Gasteiger partial charge in [0.25, 0.3) is 0 Å². The Morgan fingerprint density at radius 2 is 2.25 bits per heavy atom. The number of hydrogen-bond donors (Lipinski definition) is 1. The van der Waals surface area contributed by atoms with E-state index in [2.05, 4.69) is 35.7 Å². The molecule has 0 bridgehead atoms. The summed E-state index contributed by atoms with van der Waals surface area (Å²) >= 11 is 1.64. The van der Waals surface area contributed by atoms with Crippen LogP contribution in [0, 0.1) is 0 Å². The highest BCUT2D eigenvalue weighted by Gasteiger charge is 2.30. The molecular weight excluding hydrogens is 324 g/mol. The molecule has 0 saturated carbocycles. The van der Waals surface area contributed by atoms with Gasteiger partial charge in [0.15, 0.2) is 0 Å². The van der Waals surface area contributed by atoms with Crippen molar-refractivity contribution in [3.05, 3.63) is 34.3 Å². The van der Waals surface area contributed by atoms with Crippen molar-refractivity contribution in [2.75, 3.05) is 18.4 Å². The van der Waals surface area contributed by atoms with Crippen LogP contribution in [-0.2, 0) is 11.8 Å². The lowest BCUT2D eigenvalue weighted by Gasteiger charge is -2.36. The van der Waals surface area contributed by atoms with Crippen molar-refractivity contribution in [2.45, 2.75) is 38.9 Å². The average Bonchev–Trinajstić information content (AvgIpc) is 3.16. The highest BCUT2D eigenvalue weighted by atomic mass is 32.1. The van der Waals surface area contributed by atoms with Gasteiger partial charge in [0.1, 0.15) is 6.10 Å². The number of aryl methyl sites for hydroxylation is 1. The molecule has 2 unspecified atom stereocenters. The number of amides is 2. The van der Waals surface area contributed by atoms with E-state index in [1.807, 2.05) is 30.4 Å². The van der Waals surface area contributed by atoms with E-state index in [9.17, 15) is 4.79 Å². The molecular formula is C17H24N4O2S. The maximum absolute atomic E-state index is 12.7. The minimum atomic E-state index is -0.0970. The number of morpholine rings is 1. The topological polar surface area (TPSA) is 59.4 Å². The Hall–Kier alpha value is -1.86. The van der Waals surface area contributed by atoms with Crippen LogP contribution in [0.3, 0.4) is 0 Å².